The first kappa shape index (κ1) is 23.5. The van der Waals surface area contributed by atoms with Crippen LogP contribution in [0, 0.1) is 17.6 Å². The topological polar surface area (TPSA) is 47.6 Å². The van der Waals surface area contributed by atoms with Gasteiger partial charge in [-0.15, -0.1) is 0 Å². The van der Waals surface area contributed by atoms with Gasteiger partial charge in [0, 0.05) is 0 Å². The van der Waals surface area contributed by atoms with Crippen LogP contribution >= 0.6 is 0 Å². The molecule has 5 rings (SSSR count). The maximum Gasteiger partial charge on any atom is 0.494 e. The molecule has 1 saturated heterocycles. The van der Waals surface area contributed by atoms with E-state index in [0.717, 1.165) is 55.6 Å². The number of halogens is 2. The zero-order valence-corrected chi connectivity index (χ0v) is 20.3. The second-order valence-electron chi connectivity index (χ2n) is 10.9. The van der Waals surface area contributed by atoms with Crippen molar-refractivity contribution in [2.24, 2.45) is 5.92 Å². The molecule has 3 aliphatic rings. The molecule has 1 aliphatic carbocycles. The minimum Gasteiger partial charge on any atom is -0.399 e. The SMILES string of the molecule is CC1(C)OB(c2ccc(C3(C4CCCCCC4)C(=O)Nc4c3ccc(F)c4F)cc2)OC1(C)C. The minimum absolute atomic E-state index is 0.00353. The molecule has 1 atom stereocenters. The Hall–Kier alpha value is -2.25. The summed E-state index contributed by atoms with van der Waals surface area (Å²) in [6.45, 7) is 8.04. The minimum atomic E-state index is -1.05. The van der Waals surface area contributed by atoms with Gasteiger partial charge in [-0.25, -0.2) is 8.78 Å². The molecule has 34 heavy (non-hydrogen) atoms. The van der Waals surface area contributed by atoms with Crippen LogP contribution < -0.4 is 10.8 Å². The lowest BCUT2D eigenvalue weighted by molar-refractivity contribution is -0.121. The lowest BCUT2D eigenvalue weighted by atomic mass is 9.63. The van der Waals surface area contributed by atoms with Crippen LogP contribution in [0.4, 0.5) is 14.5 Å². The Bertz CT molecular complexity index is 1090. The number of anilines is 1. The molecule has 4 nitrogen and oxygen atoms in total. The van der Waals surface area contributed by atoms with Gasteiger partial charge in [-0.05, 0) is 69.1 Å². The lowest BCUT2D eigenvalue weighted by Crippen LogP contribution is -2.43. The Balaban J connectivity index is 1.60. The second-order valence-corrected chi connectivity index (χ2v) is 10.9. The van der Waals surface area contributed by atoms with Crippen LogP contribution in [0.25, 0.3) is 0 Å². The molecule has 1 N–H and O–H groups in total. The fraction of sp³-hybridized carbons (Fsp3) is 0.519. The van der Waals surface area contributed by atoms with Gasteiger partial charge < -0.3 is 14.6 Å². The largest absolute Gasteiger partial charge is 0.494 e. The highest BCUT2D eigenvalue weighted by atomic mass is 19.2. The summed E-state index contributed by atoms with van der Waals surface area (Å²) in [5, 5.41) is 2.70. The molecule has 180 valence electrons. The molecule has 2 aliphatic heterocycles. The number of hydrogen-bond acceptors (Lipinski definition) is 3. The van der Waals surface area contributed by atoms with Gasteiger partial charge in [-0.2, -0.15) is 0 Å². The van der Waals surface area contributed by atoms with Crippen LogP contribution in [-0.2, 0) is 19.5 Å². The Morgan fingerprint density at radius 1 is 0.882 bits per heavy atom. The van der Waals surface area contributed by atoms with E-state index in [9.17, 15) is 13.6 Å². The highest BCUT2D eigenvalue weighted by molar-refractivity contribution is 6.62. The van der Waals surface area contributed by atoms with Crippen molar-refractivity contribution in [2.45, 2.75) is 82.8 Å². The summed E-state index contributed by atoms with van der Waals surface area (Å²) >= 11 is 0. The number of carbonyl (C=O) groups is 1. The van der Waals surface area contributed by atoms with Crippen LogP contribution in [0.1, 0.15) is 77.3 Å². The van der Waals surface area contributed by atoms with Gasteiger partial charge in [0.05, 0.1) is 16.9 Å². The van der Waals surface area contributed by atoms with Gasteiger partial charge >= 0.3 is 7.12 Å². The molecule has 1 saturated carbocycles. The highest BCUT2D eigenvalue weighted by Crippen LogP contribution is 2.52. The Morgan fingerprint density at radius 3 is 2.06 bits per heavy atom. The van der Waals surface area contributed by atoms with Crippen molar-refractivity contribution in [3.8, 4) is 0 Å². The average Bonchev–Trinajstić information content (AvgIpc) is 3.04. The number of carbonyl (C=O) groups excluding carboxylic acids is 1. The van der Waals surface area contributed by atoms with Crippen molar-refractivity contribution >= 4 is 24.2 Å². The third kappa shape index (κ3) is 3.42. The van der Waals surface area contributed by atoms with E-state index < -0.39 is 35.4 Å². The molecule has 0 spiro atoms. The molecule has 2 aromatic rings. The number of fused-ring (bicyclic) bond motifs is 1. The van der Waals surface area contributed by atoms with Crippen molar-refractivity contribution in [2.75, 3.05) is 5.32 Å². The van der Waals surface area contributed by atoms with Crippen molar-refractivity contribution in [3.63, 3.8) is 0 Å². The number of benzene rings is 2. The quantitative estimate of drug-likeness (QED) is 0.481. The Kier molecular flexibility index (Phi) is 5.64. The number of rotatable bonds is 3. The third-order valence-electron chi connectivity index (χ3n) is 8.48. The molecule has 2 heterocycles. The van der Waals surface area contributed by atoms with Gasteiger partial charge in [-0.3, -0.25) is 4.79 Å². The molecular formula is C27H32BF2NO3. The molecule has 0 bridgehead atoms. The number of amides is 1. The van der Waals surface area contributed by atoms with E-state index in [1.54, 1.807) is 6.07 Å². The number of hydrogen-bond donors (Lipinski definition) is 1. The van der Waals surface area contributed by atoms with Gasteiger partial charge in [0.2, 0.25) is 5.91 Å². The summed E-state index contributed by atoms with van der Waals surface area (Å²) in [5.41, 5.74) is 0.205. The zero-order valence-electron chi connectivity index (χ0n) is 20.3. The van der Waals surface area contributed by atoms with E-state index >= 15 is 0 Å². The van der Waals surface area contributed by atoms with E-state index in [1.165, 1.54) is 0 Å². The van der Waals surface area contributed by atoms with Gasteiger partial charge in [0.15, 0.2) is 11.6 Å². The van der Waals surface area contributed by atoms with E-state index in [-0.39, 0.29) is 17.5 Å². The summed E-state index contributed by atoms with van der Waals surface area (Å²) in [5.74, 6) is -2.21. The zero-order chi connectivity index (χ0) is 24.3. The van der Waals surface area contributed by atoms with Gasteiger partial charge in [0.1, 0.15) is 5.41 Å². The first-order valence-electron chi connectivity index (χ1n) is 12.3. The monoisotopic (exact) mass is 467 g/mol. The standard InChI is InChI=1S/C27H32BF2NO3/c1-25(2)26(3,4)34-28(33-25)19-13-11-18(12-14-19)27(17-9-7-5-6-8-10-17)20-15-16-21(29)22(30)23(20)31-24(27)32/h11-17H,5-10H2,1-4H3,(H,31,32). The predicted octanol–water partition coefficient (Wildman–Crippen LogP) is 5.47. The summed E-state index contributed by atoms with van der Waals surface area (Å²) in [7, 11) is -0.510. The van der Waals surface area contributed by atoms with Crippen LogP contribution in [0.2, 0.25) is 0 Å². The molecule has 0 aromatic heterocycles. The Labute approximate surface area is 200 Å². The fourth-order valence-corrected chi connectivity index (χ4v) is 5.86. The van der Waals surface area contributed by atoms with Gasteiger partial charge in [-0.1, -0.05) is 56.0 Å². The molecule has 1 amide bonds. The predicted molar refractivity (Wildman–Crippen MR) is 129 cm³/mol. The maximum absolute atomic E-state index is 14.8. The summed E-state index contributed by atoms with van der Waals surface area (Å²) in [6, 6.07) is 10.4. The molecular weight excluding hydrogens is 435 g/mol. The van der Waals surface area contributed by atoms with E-state index in [2.05, 4.69) is 5.32 Å². The smallest absolute Gasteiger partial charge is 0.399 e. The van der Waals surface area contributed by atoms with Gasteiger partial charge in [0.25, 0.3) is 0 Å². The van der Waals surface area contributed by atoms with E-state index in [1.807, 2.05) is 52.0 Å². The lowest BCUT2D eigenvalue weighted by Gasteiger charge is -2.36. The van der Waals surface area contributed by atoms with Crippen LogP contribution in [0.3, 0.4) is 0 Å². The van der Waals surface area contributed by atoms with E-state index in [4.69, 9.17) is 9.31 Å². The molecule has 2 fully saturated rings. The molecule has 2 aromatic carbocycles. The molecule has 7 heteroatoms. The maximum atomic E-state index is 14.8. The first-order chi connectivity index (χ1) is 16.1. The van der Waals surface area contributed by atoms with E-state index in [0.29, 0.717) is 5.56 Å². The van der Waals surface area contributed by atoms with Crippen molar-refractivity contribution in [1.82, 2.24) is 0 Å². The van der Waals surface area contributed by atoms with Crippen LogP contribution in [-0.4, -0.2) is 24.2 Å². The molecule has 0 radical (unpaired) electrons. The highest BCUT2D eigenvalue weighted by Gasteiger charge is 2.55. The number of nitrogens with one attached hydrogen (secondary N) is 1. The summed E-state index contributed by atoms with van der Waals surface area (Å²) in [4.78, 5) is 13.7. The Morgan fingerprint density at radius 2 is 1.47 bits per heavy atom. The van der Waals surface area contributed by atoms with Crippen LogP contribution in [0.15, 0.2) is 36.4 Å². The average molecular weight is 467 g/mol. The van der Waals surface area contributed by atoms with Crippen LogP contribution in [0.5, 0.6) is 0 Å². The summed E-state index contributed by atoms with van der Waals surface area (Å²) in [6.07, 6.45) is 6.02. The van der Waals surface area contributed by atoms with Crippen molar-refractivity contribution in [3.05, 3.63) is 59.2 Å². The third-order valence-corrected chi connectivity index (χ3v) is 8.48. The van der Waals surface area contributed by atoms with Crippen molar-refractivity contribution < 1.29 is 22.9 Å². The summed E-state index contributed by atoms with van der Waals surface area (Å²) < 4.78 is 41.2. The normalized spacial score (nSPS) is 26.3. The fourth-order valence-electron chi connectivity index (χ4n) is 5.86. The first-order valence-corrected chi connectivity index (χ1v) is 12.3. The molecule has 1 unspecified atom stereocenters. The van der Waals surface area contributed by atoms with Crippen molar-refractivity contribution in [1.29, 1.82) is 0 Å². The second kappa shape index (κ2) is 8.16.